The van der Waals surface area contributed by atoms with Crippen LogP contribution in [-0.4, -0.2) is 19.7 Å². The fourth-order valence-corrected chi connectivity index (χ4v) is 3.18. The Morgan fingerprint density at radius 3 is 2.67 bits per heavy atom. The molecular weight excluding hydrogens is 238 g/mol. The fourth-order valence-electron chi connectivity index (χ4n) is 1.98. The summed E-state index contributed by atoms with van der Waals surface area (Å²) in [6.45, 7) is 7.98. The summed E-state index contributed by atoms with van der Waals surface area (Å²) in [5, 5.41) is 1.14. The Bertz CT molecular complexity index is 514. The van der Waals surface area contributed by atoms with E-state index in [-0.39, 0.29) is 0 Å². The molecule has 0 bridgehead atoms. The van der Waals surface area contributed by atoms with E-state index in [4.69, 9.17) is 4.74 Å². The Morgan fingerprint density at radius 2 is 1.89 bits per heavy atom. The lowest BCUT2D eigenvalue weighted by Crippen LogP contribution is -2.20. The largest absolute Gasteiger partial charge is 0.491 e. The van der Waals surface area contributed by atoms with Crippen LogP contribution in [0.3, 0.4) is 0 Å². The van der Waals surface area contributed by atoms with Crippen LogP contribution in [0.5, 0.6) is 5.75 Å². The molecule has 0 aliphatic carbocycles. The average Bonchev–Trinajstić information content (AvgIpc) is 2.33. The molecular formula is C15H21NOSi. The smallest absolute Gasteiger partial charge is 0.145 e. The molecule has 0 amide bonds. The first kappa shape index (κ1) is 13.1. The van der Waals surface area contributed by atoms with Gasteiger partial charge in [-0.05, 0) is 18.6 Å². The Morgan fingerprint density at radius 1 is 1.11 bits per heavy atom. The number of para-hydroxylation sites is 1. The van der Waals surface area contributed by atoms with Crippen molar-refractivity contribution in [1.82, 2.24) is 4.98 Å². The van der Waals surface area contributed by atoms with E-state index >= 15 is 0 Å². The minimum Gasteiger partial charge on any atom is -0.491 e. The minimum absolute atomic E-state index is 0.792. The molecule has 0 spiro atoms. The number of nitrogens with zero attached hydrogens (tertiary/aromatic N) is 1. The van der Waals surface area contributed by atoms with Gasteiger partial charge in [-0.25, -0.2) is 0 Å². The maximum absolute atomic E-state index is 5.87. The van der Waals surface area contributed by atoms with E-state index in [0.717, 1.165) is 29.7 Å². The molecule has 2 aromatic rings. The van der Waals surface area contributed by atoms with Gasteiger partial charge in [0.1, 0.15) is 11.3 Å². The number of rotatable bonds is 5. The summed E-state index contributed by atoms with van der Waals surface area (Å²) in [7, 11) is -0.945. The molecule has 0 radical (unpaired) electrons. The summed E-state index contributed by atoms with van der Waals surface area (Å²) in [4.78, 5) is 4.39. The van der Waals surface area contributed by atoms with Crippen molar-refractivity contribution in [3.63, 3.8) is 0 Å². The van der Waals surface area contributed by atoms with Crippen molar-refractivity contribution in [3.8, 4) is 5.75 Å². The average molecular weight is 259 g/mol. The Hall–Kier alpha value is -1.35. The zero-order valence-corrected chi connectivity index (χ0v) is 12.4. The summed E-state index contributed by atoms with van der Waals surface area (Å²) in [6.07, 6.45) is 2.95. The van der Waals surface area contributed by atoms with Crippen LogP contribution in [0.25, 0.3) is 10.9 Å². The van der Waals surface area contributed by atoms with Crippen molar-refractivity contribution < 1.29 is 4.74 Å². The second kappa shape index (κ2) is 5.53. The normalized spacial score (nSPS) is 11.7. The quantitative estimate of drug-likeness (QED) is 0.588. The van der Waals surface area contributed by atoms with E-state index in [0.29, 0.717) is 0 Å². The number of aromatic nitrogens is 1. The predicted octanol–water partition coefficient (Wildman–Crippen LogP) is 4.34. The highest BCUT2D eigenvalue weighted by Gasteiger charge is 2.12. The topological polar surface area (TPSA) is 22.1 Å². The second-order valence-corrected chi connectivity index (χ2v) is 11.5. The zero-order valence-electron chi connectivity index (χ0n) is 11.4. The van der Waals surface area contributed by atoms with Crippen molar-refractivity contribution >= 4 is 19.0 Å². The third-order valence-corrected chi connectivity index (χ3v) is 4.78. The molecule has 18 heavy (non-hydrogen) atoms. The van der Waals surface area contributed by atoms with Crippen LogP contribution in [-0.2, 0) is 0 Å². The monoisotopic (exact) mass is 259 g/mol. The highest BCUT2D eigenvalue weighted by atomic mass is 28.3. The van der Waals surface area contributed by atoms with Gasteiger partial charge < -0.3 is 4.74 Å². The lowest BCUT2D eigenvalue weighted by Gasteiger charge is -2.15. The molecule has 0 aliphatic heterocycles. The Labute approximate surface area is 110 Å². The first-order valence-corrected chi connectivity index (χ1v) is 10.2. The van der Waals surface area contributed by atoms with Crippen LogP contribution in [0.2, 0.25) is 25.7 Å². The Kier molecular flexibility index (Phi) is 4.02. The number of fused-ring (bicyclic) bond motifs is 1. The van der Waals surface area contributed by atoms with E-state index < -0.39 is 8.07 Å². The van der Waals surface area contributed by atoms with E-state index in [2.05, 4.69) is 36.8 Å². The molecule has 1 aromatic carbocycles. The number of ether oxygens (including phenoxy) is 1. The maximum atomic E-state index is 5.87. The summed E-state index contributed by atoms with van der Waals surface area (Å²) in [6, 6.07) is 11.4. The summed E-state index contributed by atoms with van der Waals surface area (Å²) in [5.41, 5.74) is 0.966. The van der Waals surface area contributed by atoms with Crippen LogP contribution < -0.4 is 4.74 Å². The van der Waals surface area contributed by atoms with Crippen molar-refractivity contribution in [2.75, 3.05) is 6.61 Å². The molecule has 0 fully saturated rings. The molecule has 1 aromatic heterocycles. The molecule has 3 heteroatoms. The number of hydrogen-bond acceptors (Lipinski definition) is 2. The van der Waals surface area contributed by atoms with Gasteiger partial charge in [0.25, 0.3) is 0 Å². The van der Waals surface area contributed by atoms with Crippen molar-refractivity contribution in [2.24, 2.45) is 0 Å². The highest BCUT2D eigenvalue weighted by Crippen LogP contribution is 2.23. The van der Waals surface area contributed by atoms with Gasteiger partial charge in [-0.15, -0.1) is 0 Å². The van der Waals surface area contributed by atoms with Gasteiger partial charge in [0.05, 0.1) is 6.61 Å². The van der Waals surface area contributed by atoms with Gasteiger partial charge in [0.15, 0.2) is 0 Å². The minimum atomic E-state index is -0.945. The number of hydrogen-bond donors (Lipinski definition) is 0. The lowest BCUT2D eigenvalue weighted by atomic mass is 10.2. The second-order valence-electron chi connectivity index (χ2n) is 5.84. The molecule has 0 unspecified atom stereocenters. The van der Waals surface area contributed by atoms with Gasteiger partial charge in [-0.1, -0.05) is 43.9 Å². The van der Waals surface area contributed by atoms with Crippen LogP contribution in [0.4, 0.5) is 0 Å². The number of pyridine rings is 1. The molecule has 2 nitrogen and oxygen atoms in total. The van der Waals surface area contributed by atoms with Crippen LogP contribution in [0, 0.1) is 0 Å². The fraction of sp³-hybridized carbons (Fsp3) is 0.400. The third kappa shape index (κ3) is 3.57. The van der Waals surface area contributed by atoms with Crippen LogP contribution in [0.1, 0.15) is 6.42 Å². The molecule has 2 rings (SSSR count). The van der Waals surface area contributed by atoms with Gasteiger partial charge >= 0.3 is 0 Å². The molecule has 96 valence electrons. The molecule has 0 saturated heterocycles. The molecule has 0 N–H and O–H groups in total. The summed E-state index contributed by atoms with van der Waals surface area (Å²) >= 11 is 0. The molecule has 1 heterocycles. The summed E-state index contributed by atoms with van der Waals surface area (Å²) in [5.74, 6) is 0.906. The Balaban J connectivity index is 2.00. The van der Waals surface area contributed by atoms with Crippen molar-refractivity contribution in [2.45, 2.75) is 32.1 Å². The number of benzene rings is 1. The first-order valence-electron chi connectivity index (χ1n) is 6.53. The van der Waals surface area contributed by atoms with Gasteiger partial charge in [-0.3, -0.25) is 4.98 Å². The van der Waals surface area contributed by atoms with E-state index in [1.807, 2.05) is 24.4 Å². The van der Waals surface area contributed by atoms with Gasteiger partial charge in [-0.2, -0.15) is 0 Å². The standard InChI is InChI=1S/C15H21NOSi/c1-18(2,3)12-6-11-17-14-9-4-7-13-8-5-10-16-15(13)14/h4-5,7-10H,6,11-12H2,1-3H3. The third-order valence-electron chi connectivity index (χ3n) is 2.92. The van der Waals surface area contributed by atoms with Crippen molar-refractivity contribution in [1.29, 1.82) is 0 Å². The van der Waals surface area contributed by atoms with Crippen LogP contribution >= 0.6 is 0 Å². The van der Waals surface area contributed by atoms with E-state index in [1.54, 1.807) is 0 Å². The maximum Gasteiger partial charge on any atom is 0.145 e. The van der Waals surface area contributed by atoms with Gasteiger partial charge in [0.2, 0.25) is 0 Å². The van der Waals surface area contributed by atoms with Crippen molar-refractivity contribution in [3.05, 3.63) is 36.5 Å². The molecule has 0 saturated carbocycles. The van der Waals surface area contributed by atoms with Gasteiger partial charge in [0, 0.05) is 19.7 Å². The molecule has 0 aliphatic rings. The zero-order chi connectivity index (χ0) is 13.0. The van der Waals surface area contributed by atoms with E-state index in [1.165, 1.54) is 6.04 Å². The predicted molar refractivity (Wildman–Crippen MR) is 80.0 cm³/mol. The lowest BCUT2D eigenvalue weighted by molar-refractivity contribution is 0.320. The molecule has 0 atom stereocenters. The first-order chi connectivity index (χ1) is 8.56. The van der Waals surface area contributed by atoms with E-state index in [9.17, 15) is 0 Å². The summed E-state index contributed by atoms with van der Waals surface area (Å²) < 4.78 is 5.87. The highest BCUT2D eigenvalue weighted by molar-refractivity contribution is 6.76. The van der Waals surface area contributed by atoms with Crippen LogP contribution in [0.15, 0.2) is 36.5 Å². The SMILES string of the molecule is C[Si](C)(C)CCCOc1cccc2cccnc12.